The largest absolute Gasteiger partial charge is 0.340 e. The highest BCUT2D eigenvalue weighted by atomic mass is 35.5. The maximum atomic E-state index is 13.1. The minimum absolute atomic E-state index is 0.0256. The Morgan fingerprint density at radius 2 is 1.53 bits per heavy atom. The van der Waals surface area contributed by atoms with Crippen LogP contribution in [-0.2, 0) is 21.2 Å². The molecule has 0 N–H and O–H groups in total. The maximum absolute atomic E-state index is 13.1. The Labute approximate surface area is 181 Å². The zero-order valence-corrected chi connectivity index (χ0v) is 18.1. The number of fused-ring (bicyclic) bond motifs is 1. The minimum Gasteiger partial charge on any atom is -0.340 e. The summed E-state index contributed by atoms with van der Waals surface area (Å²) in [4.78, 5) is 14.6. The number of aryl methyl sites for hydroxylation is 1. The third-order valence-electron chi connectivity index (χ3n) is 5.52. The predicted octanol–water partition coefficient (Wildman–Crippen LogP) is 3.96. The van der Waals surface area contributed by atoms with Gasteiger partial charge in [-0.1, -0.05) is 60.1 Å². The van der Waals surface area contributed by atoms with Crippen LogP contribution in [0.5, 0.6) is 0 Å². The molecule has 3 aromatic rings. The fourth-order valence-electron chi connectivity index (χ4n) is 3.76. The first-order chi connectivity index (χ1) is 14.4. The smallest absolute Gasteiger partial charge is 0.243 e. The Bertz CT molecular complexity index is 1170. The number of carbonyl (C=O) groups is 1. The van der Waals surface area contributed by atoms with Crippen LogP contribution >= 0.6 is 11.6 Å². The van der Waals surface area contributed by atoms with Gasteiger partial charge in [-0.2, -0.15) is 4.31 Å². The fourth-order valence-corrected chi connectivity index (χ4v) is 5.44. The van der Waals surface area contributed by atoms with Crippen molar-refractivity contribution in [1.82, 2.24) is 9.21 Å². The van der Waals surface area contributed by atoms with E-state index in [0.29, 0.717) is 48.9 Å². The normalized spacial score (nSPS) is 15.4. The second kappa shape index (κ2) is 8.76. The van der Waals surface area contributed by atoms with Crippen LogP contribution in [0.2, 0.25) is 5.02 Å². The lowest BCUT2D eigenvalue weighted by molar-refractivity contribution is -0.132. The number of carbonyl (C=O) groups excluding carboxylic acids is 1. The topological polar surface area (TPSA) is 57.7 Å². The van der Waals surface area contributed by atoms with Gasteiger partial charge in [0.2, 0.25) is 15.9 Å². The Hall–Kier alpha value is -2.41. The van der Waals surface area contributed by atoms with Crippen molar-refractivity contribution < 1.29 is 13.2 Å². The van der Waals surface area contributed by atoms with Gasteiger partial charge in [0, 0.05) is 37.6 Å². The van der Waals surface area contributed by atoms with Gasteiger partial charge in [-0.05, 0) is 41.0 Å². The van der Waals surface area contributed by atoms with Gasteiger partial charge >= 0.3 is 0 Å². The standard InChI is InChI=1S/C23H23ClN2O3S/c24-22-8-4-3-6-19(22)10-12-23(27)25-13-15-26(16-14-25)30(28,29)21-11-9-18-5-1-2-7-20(18)17-21/h1-9,11,17H,10,12-16H2. The second-order valence-electron chi connectivity index (χ2n) is 7.39. The summed E-state index contributed by atoms with van der Waals surface area (Å²) < 4.78 is 27.6. The van der Waals surface area contributed by atoms with Crippen LogP contribution in [0.25, 0.3) is 10.8 Å². The van der Waals surface area contributed by atoms with Gasteiger partial charge in [-0.15, -0.1) is 0 Å². The molecule has 0 radical (unpaired) electrons. The zero-order valence-electron chi connectivity index (χ0n) is 16.5. The van der Waals surface area contributed by atoms with Crippen molar-refractivity contribution in [2.45, 2.75) is 17.7 Å². The van der Waals surface area contributed by atoms with E-state index in [4.69, 9.17) is 11.6 Å². The van der Waals surface area contributed by atoms with E-state index >= 15 is 0 Å². The van der Waals surface area contributed by atoms with Crippen molar-refractivity contribution in [3.8, 4) is 0 Å². The van der Waals surface area contributed by atoms with Crippen LogP contribution in [0.1, 0.15) is 12.0 Å². The summed E-state index contributed by atoms with van der Waals surface area (Å²) in [6.07, 6.45) is 0.940. The van der Waals surface area contributed by atoms with E-state index < -0.39 is 10.0 Å². The monoisotopic (exact) mass is 442 g/mol. The molecule has 0 spiro atoms. The summed E-state index contributed by atoms with van der Waals surface area (Å²) in [6, 6.07) is 20.4. The molecular weight excluding hydrogens is 420 g/mol. The molecule has 7 heteroatoms. The zero-order chi connectivity index (χ0) is 21.1. The third-order valence-corrected chi connectivity index (χ3v) is 7.78. The average molecular weight is 443 g/mol. The fraction of sp³-hybridized carbons (Fsp3) is 0.261. The van der Waals surface area contributed by atoms with E-state index in [0.717, 1.165) is 16.3 Å². The average Bonchev–Trinajstić information content (AvgIpc) is 2.78. The first-order valence-corrected chi connectivity index (χ1v) is 11.8. The van der Waals surface area contributed by atoms with Gasteiger partial charge in [0.05, 0.1) is 4.90 Å². The van der Waals surface area contributed by atoms with Gasteiger partial charge in [-0.3, -0.25) is 4.79 Å². The number of halogens is 1. The summed E-state index contributed by atoms with van der Waals surface area (Å²) in [6.45, 7) is 1.39. The number of hydrogen-bond acceptors (Lipinski definition) is 3. The molecule has 3 aromatic carbocycles. The number of benzene rings is 3. The van der Waals surface area contributed by atoms with E-state index in [1.54, 1.807) is 17.0 Å². The summed E-state index contributed by atoms with van der Waals surface area (Å²) in [5.41, 5.74) is 0.949. The van der Waals surface area contributed by atoms with Crippen LogP contribution < -0.4 is 0 Å². The number of nitrogens with zero attached hydrogens (tertiary/aromatic N) is 2. The van der Waals surface area contributed by atoms with Crippen LogP contribution in [0.3, 0.4) is 0 Å². The molecule has 30 heavy (non-hydrogen) atoms. The van der Waals surface area contributed by atoms with E-state index in [1.165, 1.54) is 4.31 Å². The van der Waals surface area contributed by atoms with Crippen molar-refractivity contribution >= 4 is 38.3 Å². The Morgan fingerprint density at radius 1 is 0.867 bits per heavy atom. The molecule has 156 valence electrons. The van der Waals surface area contributed by atoms with Crippen molar-refractivity contribution in [3.63, 3.8) is 0 Å². The van der Waals surface area contributed by atoms with Gasteiger partial charge < -0.3 is 4.90 Å². The van der Waals surface area contributed by atoms with E-state index in [-0.39, 0.29) is 5.91 Å². The lowest BCUT2D eigenvalue weighted by Gasteiger charge is -2.34. The van der Waals surface area contributed by atoms with E-state index in [2.05, 4.69) is 0 Å². The number of piperazine rings is 1. The van der Waals surface area contributed by atoms with Crippen LogP contribution in [0.4, 0.5) is 0 Å². The Morgan fingerprint density at radius 3 is 2.27 bits per heavy atom. The SMILES string of the molecule is O=C(CCc1ccccc1Cl)N1CCN(S(=O)(=O)c2ccc3ccccc3c2)CC1. The quantitative estimate of drug-likeness (QED) is 0.601. The molecule has 1 fully saturated rings. The highest BCUT2D eigenvalue weighted by Gasteiger charge is 2.30. The molecule has 4 rings (SSSR count). The second-order valence-corrected chi connectivity index (χ2v) is 9.73. The summed E-state index contributed by atoms with van der Waals surface area (Å²) >= 11 is 6.16. The summed E-state index contributed by atoms with van der Waals surface area (Å²) in [7, 11) is -3.59. The number of sulfonamides is 1. The molecule has 5 nitrogen and oxygen atoms in total. The maximum Gasteiger partial charge on any atom is 0.243 e. The molecule has 0 unspecified atom stereocenters. The number of amides is 1. The van der Waals surface area contributed by atoms with E-state index in [9.17, 15) is 13.2 Å². The molecule has 0 atom stereocenters. The first kappa shape index (κ1) is 20.8. The lowest BCUT2D eigenvalue weighted by atomic mass is 10.1. The third kappa shape index (κ3) is 4.36. The molecule has 0 aromatic heterocycles. The van der Waals surface area contributed by atoms with Gasteiger partial charge in [-0.25, -0.2) is 8.42 Å². The van der Waals surface area contributed by atoms with Crippen LogP contribution in [0, 0.1) is 0 Å². The minimum atomic E-state index is -3.59. The van der Waals surface area contributed by atoms with Crippen molar-refractivity contribution in [2.24, 2.45) is 0 Å². The summed E-state index contributed by atoms with van der Waals surface area (Å²) in [5, 5.41) is 2.56. The summed E-state index contributed by atoms with van der Waals surface area (Å²) in [5.74, 6) is 0.0256. The van der Waals surface area contributed by atoms with Crippen molar-refractivity contribution in [1.29, 1.82) is 0 Å². The first-order valence-electron chi connectivity index (χ1n) is 9.95. The molecule has 0 aliphatic carbocycles. The lowest BCUT2D eigenvalue weighted by Crippen LogP contribution is -2.50. The Balaban J connectivity index is 1.38. The molecule has 0 bridgehead atoms. The van der Waals surface area contributed by atoms with Crippen molar-refractivity contribution in [2.75, 3.05) is 26.2 Å². The molecule has 1 heterocycles. The Kier molecular flexibility index (Phi) is 6.09. The molecule has 1 aliphatic rings. The van der Waals surface area contributed by atoms with Gasteiger partial charge in [0.1, 0.15) is 0 Å². The highest BCUT2D eigenvalue weighted by molar-refractivity contribution is 7.89. The number of rotatable bonds is 5. The molecule has 1 amide bonds. The molecular formula is C23H23ClN2O3S. The highest BCUT2D eigenvalue weighted by Crippen LogP contribution is 2.23. The predicted molar refractivity (Wildman–Crippen MR) is 119 cm³/mol. The van der Waals surface area contributed by atoms with Crippen molar-refractivity contribution in [3.05, 3.63) is 77.3 Å². The van der Waals surface area contributed by atoms with Gasteiger partial charge in [0.25, 0.3) is 0 Å². The van der Waals surface area contributed by atoms with E-state index in [1.807, 2.05) is 54.6 Å². The molecule has 1 aliphatic heterocycles. The van der Waals surface area contributed by atoms with Crippen LogP contribution in [-0.4, -0.2) is 49.7 Å². The molecule has 0 saturated carbocycles. The number of hydrogen-bond donors (Lipinski definition) is 0. The van der Waals surface area contributed by atoms with Gasteiger partial charge in [0.15, 0.2) is 0 Å². The molecule has 1 saturated heterocycles. The van der Waals surface area contributed by atoms with Crippen LogP contribution in [0.15, 0.2) is 71.6 Å².